The van der Waals surface area contributed by atoms with Crippen molar-refractivity contribution in [2.45, 2.75) is 23.8 Å². The number of amides is 1. The minimum Gasteiger partial charge on any atom is -0.335 e. The first-order valence-corrected chi connectivity index (χ1v) is 10.5. The molecule has 1 unspecified atom stereocenters. The molecular weight excluding hydrogens is 437 g/mol. The Hall–Kier alpha value is -1.41. The normalized spacial score (nSPS) is 17.9. The fraction of sp³-hybridized carbons (Fsp3) is 0.278. The van der Waals surface area contributed by atoms with E-state index in [2.05, 4.69) is 22.6 Å². The van der Waals surface area contributed by atoms with Gasteiger partial charge >= 0.3 is 0 Å². The van der Waals surface area contributed by atoms with Gasteiger partial charge in [-0.2, -0.15) is 0 Å². The lowest BCUT2D eigenvalue weighted by Crippen LogP contribution is -2.39. The number of halogens is 1. The number of benzene rings is 2. The number of hydrogen-bond donors (Lipinski definition) is 0. The van der Waals surface area contributed by atoms with Crippen LogP contribution in [0.5, 0.6) is 0 Å². The van der Waals surface area contributed by atoms with Gasteiger partial charge in [-0.05, 0) is 65.8 Å². The zero-order chi connectivity index (χ0) is 17.2. The summed E-state index contributed by atoms with van der Waals surface area (Å²) in [6, 6.07) is 15.6. The van der Waals surface area contributed by atoms with E-state index in [4.69, 9.17) is 0 Å². The molecule has 4 nitrogen and oxygen atoms in total. The predicted octanol–water partition coefficient (Wildman–Crippen LogP) is 3.37. The lowest BCUT2D eigenvalue weighted by Gasteiger charge is -2.25. The number of carbonyl (C=O) groups excluding carboxylic acids is 1. The fourth-order valence-corrected chi connectivity index (χ4v) is 5.20. The third-order valence-corrected chi connectivity index (χ3v) is 6.71. The molecular formula is C18H18INO3S. The van der Waals surface area contributed by atoms with Crippen LogP contribution in [0.2, 0.25) is 0 Å². The highest BCUT2D eigenvalue weighted by Gasteiger charge is 2.33. The smallest absolute Gasteiger partial charge is 0.254 e. The maximum Gasteiger partial charge on any atom is 0.254 e. The van der Waals surface area contributed by atoms with Crippen molar-refractivity contribution in [2.75, 3.05) is 12.3 Å². The molecule has 1 heterocycles. The van der Waals surface area contributed by atoms with E-state index in [0.29, 0.717) is 17.0 Å². The molecule has 0 radical (unpaired) electrons. The maximum absolute atomic E-state index is 12.8. The van der Waals surface area contributed by atoms with Crippen molar-refractivity contribution in [3.05, 3.63) is 63.7 Å². The quantitative estimate of drug-likeness (QED) is 0.665. The molecule has 1 atom stereocenters. The predicted molar refractivity (Wildman–Crippen MR) is 102 cm³/mol. The molecule has 3 rings (SSSR count). The molecule has 0 aliphatic carbocycles. The molecule has 1 saturated heterocycles. The summed E-state index contributed by atoms with van der Waals surface area (Å²) in [6.07, 6.45) is 1.56. The number of likely N-dealkylation sites (tertiary alicyclic amines) is 1. The Kier molecular flexibility index (Phi) is 5.24. The Bertz CT molecular complexity index is 836. The van der Waals surface area contributed by atoms with Crippen LogP contribution in [-0.2, 0) is 9.84 Å². The molecule has 1 aliphatic heterocycles. The third-order valence-electron chi connectivity index (χ3n) is 4.22. The topological polar surface area (TPSA) is 54.5 Å². The first-order valence-electron chi connectivity index (χ1n) is 7.82. The van der Waals surface area contributed by atoms with Crippen LogP contribution in [0.3, 0.4) is 0 Å². The molecule has 126 valence electrons. The summed E-state index contributed by atoms with van der Waals surface area (Å²) in [6.45, 7) is 0.610. The summed E-state index contributed by atoms with van der Waals surface area (Å²) in [4.78, 5) is 14.8. The first-order chi connectivity index (χ1) is 11.5. The lowest BCUT2D eigenvalue weighted by atomic mass is 10.2. The Balaban J connectivity index is 1.80. The molecule has 0 spiro atoms. The Morgan fingerprint density at radius 1 is 1.12 bits per heavy atom. The van der Waals surface area contributed by atoms with Gasteiger partial charge in [0.15, 0.2) is 9.84 Å². The summed E-state index contributed by atoms with van der Waals surface area (Å²) >= 11 is 2.17. The molecule has 0 aromatic heterocycles. The van der Waals surface area contributed by atoms with Crippen LogP contribution >= 0.6 is 22.6 Å². The van der Waals surface area contributed by atoms with Gasteiger partial charge in [-0.25, -0.2) is 8.42 Å². The zero-order valence-electron chi connectivity index (χ0n) is 13.1. The van der Waals surface area contributed by atoms with Crippen molar-refractivity contribution in [1.82, 2.24) is 4.90 Å². The van der Waals surface area contributed by atoms with Crippen molar-refractivity contribution < 1.29 is 13.2 Å². The zero-order valence-corrected chi connectivity index (χ0v) is 16.0. The molecule has 2 aromatic carbocycles. The number of rotatable bonds is 4. The molecule has 24 heavy (non-hydrogen) atoms. The van der Waals surface area contributed by atoms with Crippen LogP contribution in [-0.4, -0.2) is 37.6 Å². The highest BCUT2D eigenvalue weighted by Crippen LogP contribution is 2.24. The van der Waals surface area contributed by atoms with Gasteiger partial charge < -0.3 is 4.90 Å². The van der Waals surface area contributed by atoms with Gasteiger partial charge in [0, 0.05) is 21.7 Å². The van der Waals surface area contributed by atoms with E-state index in [-0.39, 0.29) is 17.7 Å². The minimum atomic E-state index is -3.40. The average Bonchev–Trinajstić information content (AvgIpc) is 3.02. The van der Waals surface area contributed by atoms with Crippen LogP contribution in [0.15, 0.2) is 59.5 Å². The number of hydrogen-bond acceptors (Lipinski definition) is 3. The summed E-state index contributed by atoms with van der Waals surface area (Å²) in [5, 5.41) is 0. The van der Waals surface area contributed by atoms with Gasteiger partial charge in [-0.3, -0.25) is 4.79 Å². The van der Waals surface area contributed by atoms with E-state index >= 15 is 0 Å². The molecule has 2 aromatic rings. The highest BCUT2D eigenvalue weighted by molar-refractivity contribution is 14.1. The van der Waals surface area contributed by atoms with Gasteiger partial charge in [0.2, 0.25) is 0 Å². The molecule has 6 heteroatoms. The Morgan fingerprint density at radius 2 is 1.88 bits per heavy atom. The molecule has 0 saturated carbocycles. The van der Waals surface area contributed by atoms with Crippen molar-refractivity contribution in [1.29, 1.82) is 0 Å². The van der Waals surface area contributed by atoms with Crippen LogP contribution in [0.25, 0.3) is 0 Å². The van der Waals surface area contributed by atoms with Crippen molar-refractivity contribution in [2.24, 2.45) is 0 Å². The second kappa shape index (κ2) is 7.23. The van der Waals surface area contributed by atoms with Gasteiger partial charge in [-0.15, -0.1) is 0 Å². The third kappa shape index (κ3) is 3.80. The van der Waals surface area contributed by atoms with Gasteiger partial charge in [-0.1, -0.05) is 24.3 Å². The fourth-order valence-electron chi connectivity index (χ4n) is 3.04. The second-order valence-electron chi connectivity index (χ2n) is 5.90. The number of sulfone groups is 1. The summed E-state index contributed by atoms with van der Waals surface area (Å²) < 4.78 is 26.2. The first kappa shape index (κ1) is 17.4. The summed E-state index contributed by atoms with van der Waals surface area (Å²) in [5.41, 5.74) is 0.617. The van der Waals surface area contributed by atoms with Crippen molar-refractivity contribution >= 4 is 38.3 Å². The maximum atomic E-state index is 12.8. The van der Waals surface area contributed by atoms with Crippen molar-refractivity contribution in [3.63, 3.8) is 0 Å². The number of carbonyl (C=O) groups is 1. The minimum absolute atomic E-state index is 0.0212. The van der Waals surface area contributed by atoms with E-state index in [1.165, 1.54) is 0 Å². The molecule has 0 bridgehead atoms. The number of nitrogens with zero attached hydrogens (tertiary/aromatic N) is 1. The van der Waals surface area contributed by atoms with Gasteiger partial charge in [0.1, 0.15) is 0 Å². The van der Waals surface area contributed by atoms with E-state index in [1.54, 1.807) is 41.3 Å². The van der Waals surface area contributed by atoms with Crippen molar-refractivity contribution in [3.8, 4) is 0 Å². The van der Waals surface area contributed by atoms with E-state index in [1.807, 2.05) is 18.2 Å². The SMILES string of the molecule is O=C(c1cccc(I)c1)N1CCCC1CS(=O)(=O)c1ccccc1. The molecule has 1 amide bonds. The monoisotopic (exact) mass is 455 g/mol. The largest absolute Gasteiger partial charge is 0.335 e. The second-order valence-corrected chi connectivity index (χ2v) is 9.18. The van der Waals surface area contributed by atoms with Gasteiger partial charge in [0.25, 0.3) is 5.91 Å². The summed E-state index contributed by atoms with van der Waals surface area (Å²) in [5.74, 6) is -0.105. The van der Waals surface area contributed by atoms with Gasteiger partial charge in [0.05, 0.1) is 10.6 Å². The molecule has 1 aliphatic rings. The lowest BCUT2D eigenvalue weighted by molar-refractivity contribution is 0.0749. The standard InChI is InChI=1S/C18H18INO3S/c19-15-7-4-6-14(12-15)18(21)20-11-5-8-16(20)13-24(22,23)17-9-2-1-3-10-17/h1-4,6-7,9-10,12,16H,5,8,11,13H2. The van der Waals surface area contributed by atoms with Crippen LogP contribution in [0.4, 0.5) is 0 Å². The Labute approximate surface area is 155 Å². The Morgan fingerprint density at radius 3 is 2.58 bits per heavy atom. The van der Waals surface area contributed by atoms with Crippen LogP contribution in [0.1, 0.15) is 23.2 Å². The average molecular weight is 455 g/mol. The van der Waals surface area contributed by atoms with E-state index in [9.17, 15) is 13.2 Å². The van der Waals surface area contributed by atoms with Crippen LogP contribution < -0.4 is 0 Å². The molecule has 1 fully saturated rings. The highest BCUT2D eigenvalue weighted by atomic mass is 127. The summed E-state index contributed by atoms with van der Waals surface area (Å²) in [7, 11) is -3.40. The van der Waals surface area contributed by atoms with E-state index in [0.717, 1.165) is 16.4 Å². The van der Waals surface area contributed by atoms with E-state index < -0.39 is 9.84 Å². The molecule has 0 N–H and O–H groups in total. The van der Waals surface area contributed by atoms with Crippen LogP contribution in [0, 0.1) is 3.57 Å².